The number of nitrogens with one attached hydrogen (secondary N) is 1. The van der Waals surface area contributed by atoms with Crippen molar-refractivity contribution in [1.82, 2.24) is 29.7 Å². The van der Waals surface area contributed by atoms with Crippen LogP contribution < -0.4 is 10.2 Å². The first-order valence-corrected chi connectivity index (χ1v) is 9.60. The second-order valence-corrected chi connectivity index (χ2v) is 7.17. The van der Waals surface area contributed by atoms with E-state index in [1.807, 2.05) is 30.9 Å². The second-order valence-electron chi connectivity index (χ2n) is 7.17. The third-order valence-electron chi connectivity index (χ3n) is 5.06. The van der Waals surface area contributed by atoms with E-state index >= 15 is 0 Å². The SMILES string of the molecule is CN(CCCc1nccn1C)C(=O)NCC1CCCN(c2ncccn2)C1. The quantitative estimate of drug-likeness (QED) is 0.801. The third-order valence-corrected chi connectivity index (χ3v) is 5.06. The van der Waals surface area contributed by atoms with Crippen molar-refractivity contribution in [3.8, 4) is 0 Å². The average Bonchev–Trinajstić information content (AvgIpc) is 3.11. The third kappa shape index (κ3) is 5.42. The summed E-state index contributed by atoms with van der Waals surface area (Å²) in [6.45, 7) is 3.26. The highest BCUT2D eigenvalue weighted by molar-refractivity contribution is 5.73. The highest BCUT2D eigenvalue weighted by Gasteiger charge is 2.22. The van der Waals surface area contributed by atoms with Crippen LogP contribution in [0.5, 0.6) is 0 Å². The molecule has 146 valence electrons. The van der Waals surface area contributed by atoms with Gasteiger partial charge in [-0.25, -0.2) is 19.7 Å². The minimum absolute atomic E-state index is 0.0112. The van der Waals surface area contributed by atoms with Crippen LogP contribution in [-0.4, -0.2) is 63.7 Å². The summed E-state index contributed by atoms with van der Waals surface area (Å²) in [5.74, 6) is 2.25. The molecule has 27 heavy (non-hydrogen) atoms. The smallest absolute Gasteiger partial charge is 0.317 e. The van der Waals surface area contributed by atoms with Crippen LogP contribution in [0.4, 0.5) is 10.7 Å². The lowest BCUT2D eigenvalue weighted by atomic mass is 9.98. The first-order chi connectivity index (χ1) is 13.1. The van der Waals surface area contributed by atoms with E-state index < -0.39 is 0 Å². The van der Waals surface area contributed by atoms with Crippen molar-refractivity contribution in [2.75, 3.05) is 38.1 Å². The van der Waals surface area contributed by atoms with Gasteiger partial charge in [-0.1, -0.05) is 0 Å². The fraction of sp³-hybridized carbons (Fsp3) is 0.579. The van der Waals surface area contributed by atoms with Crippen molar-refractivity contribution in [2.24, 2.45) is 13.0 Å². The molecule has 2 aromatic rings. The molecule has 8 heteroatoms. The standard InChI is InChI=1S/C19H29N7O/c1-24-13-10-20-17(24)7-4-11-25(2)19(27)23-14-16-6-3-12-26(15-16)18-21-8-5-9-22-18/h5,8-10,13,16H,3-4,6-7,11-12,14-15H2,1-2H3,(H,23,27). The van der Waals surface area contributed by atoms with E-state index in [0.29, 0.717) is 19.0 Å². The minimum atomic E-state index is -0.0112. The molecule has 1 unspecified atom stereocenters. The van der Waals surface area contributed by atoms with Crippen LogP contribution >= 0.6 is 0 Å². The zero-order chi connectivity index (χ0) is 19.1. The van der Waals surface area contributed by atoms with E-state index in [2.05, 4.69) is 25.2 Å². The van der Waals surface area contributed by atoms with Crippen LogP contribution in [0.1, 0.15) is 25.1 Å². The first kappa shape index (κ1) is 19.1. The topological polar surface area (TPSA) is 79.2 Å². The van der Waals surface area contributed by atoms with Gasteiger partial charge in [0.2, 0.25) is 5.95 Å². The van der Waals surface area contributed by atoms with Gasteiger partial charge in [-0.15, -0.1) is 0 Å². The molecule has 1 aliphatic heterocycles. The summed E-state index contributed by atoms with van der Waals surface area (Å²) < 4.78 is 2.02. The Balaban J connectivity index is 1.38. The summed E-state index contributed by atoms with van der Waals surface area (Å²) in [5, 5.41) is 3.08. The van der Waals surface area contributed by atoms with Gasteiger partial charge in [-0.05, 0) is 31.2 Å². The number of anilines is 1. The maximum absolute atomic E-state index is 12.4. The van der Waals surface area contributed by atoms with Crippen molar-refractivity contribution in [3.63, 3.8) is 0 Å². The molecule has 1 atom stereocenters. The molecule has 8 nitrogen and oxygen atoms in total. The van der Waals surface area contributed by atoms with E-state index in [4.69, 9.17) is 0 Å². The molecular weight excluding hydrogens is 342 g/mol. The molecular formula is C19H29N7O. The van der Waals surface area contributed by atoms with Crippen molar-refractivity contribution in [3.05, 3.63) is 36.7 Å². The normalized spacial score (nSPS) is 17.0. The van der Waals surface area contributed by atoms with Crippen LogP contribution in [-0.2, 0) is 13.5 Å². The van der Waals surface area contributed by atoms with Crippen LogP contribution in [0.25, 0.3) is 0 Å². The molecule has 1 N–H and O–H groups in total. The van der Waals surface area contributed by atoms with Gasteiger partial charge in [0.25, 0.3) is 0 Å². The zero-order valence-corrected chi connectivity index (χ0v) is 16.2. The fourth-order valence-electron chi connectivity index (χ4n) is 3.45. The number of urea groups is 1. The number of aryl methyl sites for hydroxylation is 2. The van der Waals surface area contributed by atoms with Crippen LogP contribution in [0, 0.1) is 5.92 Å². The molecule has 0 aliphatic carbocycles. The van der Waals surface area contributed by atoms with Gasteiger partial charge in [0.1, 0.15) is 5.82 Å². The predicted molar refractivity (Wildman–Crippen MR) is 105 cm³/mol. The molecule has 0 bridgehead atoms. The van der Waals surface area contributed by atoms with Crippen molar-refractivity contribution < 1.29 is 4.79 Å². The van der Waals surface area contributed by atoms with Crippen LogP contribution in [0.3, 0.4) is 0 Å². The zero-order valence-electron chi connectivity index (χ0n) is 16.2. The van der Waals surface area contributed by atoms with Gasteiger partial charge in [0.15, 0.2) is 0 Å². The van der Waals surface area contributed by atoms with Gasteiger partial charge in [-0.2, -0.15) is 0 Å². The lowest BCUT2D eigenvalue weighted by Gasteiger charge is -2.33. The Morgan fingerprint density at radius 3 is 2.85 bits per heavy atom. The highest BCUT2D eigenvalue weighted by Crippen LogP contribution is 2.19. The number of rotatable bonds is 7. The molecule has 0 aromatic carbocycles. The Morgan fingerprint density at radius 2 is 2.11 bits per heavy atom. The summed E-state index contributed by atoms with van der Waals surface area (Å²) in [4.78, 5) is 29.3. The first-order valence-electron chi connectivity index (χ1n) is 9.60. The number of amides is 2. The van der Waals surface area contributed by atoms with Gasteiger partial charge in [-0.3, -0.25) is 0 Å². The van der Waals surface area contributed by atoms with Crippen LogP contribution in [0.15, 0.2) is 30.9 Å². The summed E-state index contributed by atoms with van der Waals surface area (Å²) >= 11 is 0. The molecule has 3 rings (SSSR count). The molecule has 2 aromatic heterocycles. The Bertz CT molecular complexity index is 718. The Labute approximate surface area is 160 Å². The monoisotopic (exact) mass is 371 g/mol. The molecule has 0 spiro atoms. The van der Waals surface area contributed by atoms with Crippen LogP contribution in [0.2, 0.25) is 0 Å². The Kier molecular flexibility index (Phi) is 6.62. The average molecular weight is 371 g/mol. The number of nitrogens with zero attached hydrogens (tertiary/aromatic N) is 6. The largest absolute Gasteiger partial charge is 0.340 e. The van der Waals surface area contributed by atoms with E-state index in [-0.39, 0.29) is 6.03 Å². The molecule has 2 amide bonds. The Morgan fingerprint density at radius 1 is 1.30 bits per heavy atom. The number of carbonyl (C=O) groups is 1. The number of carbonyl (C=O) groups excluding carboxylic acids is 1. The number of hydrogen-bond acceptors (Lipinski definition) is 5. The minimum Gasteiger partial charge on any atom is -0.340 e. The molecule has 1 saturated heterocycles. The lowest BCUT2D eigenvalue weighted by Crippen LogP contribution is -2.44. The van der Waals surface area contributed by atoms with Crippen molar-refractivity contribution in [1.29, 1.82) is 0 Å². The summed E-state index contributed by atoms with van der Waals surface area (Å²) in [7, 11) is 3.84. The molecule has 3 heterocycles. The summed E-state index contributed by atoms with van der Waals surface area (Å²) in [6.07, 6.45) is 11.3. The lowest BCUT2D eigenvalue weighted by molar-refractivity contribution is 0.205. The number of imidazole rings is 1. The van der Waals surface area contributed by atoms with Gasteiger partial charge in [0, 0.05) is 71.5 Å². The van der Waals surface area contributed by atoms with E-state index in [0.717, 1.165) is 50.5 Å². The molecule has 0 saturated carbocycles. The molecule has 0 radical (unpaired) electrons. The summed E-state index contributed by atoms with van der Waals surface area (Å²) in [6, 6.07) is 1.82. The fourth-order valence-corrected chi connectivity index (χ4v) is 3.45. The van der Waals surface area contributed by atoms with Crippen molar-refractivity contribution >= 4 is 12.0 Å². The van der Waals surface area contributed by atoms with E-state index in [9.17, 15) is 4.79 Å². The maximum atomic E-state index is 12.4. The van der Waals surface area contributed by atoms with Gasteiger partial charge in [0.05, 0.1) is 0 Å². The maximum Gasteiger partial charge on any atom is 0.317 e. The van der Waals surface area contributed by atoms with E-state index in [1.54, 1.807) is 23.5 Å². The van der Waals surface area contributed by atoms with Gasteiger partial charge >= 0.3 is 6.03 Å². The highest BCUT2D eigenvalue weighted by atomic mass is 16.2. The summed E-state index contributed by atoms with van der Waals surface area (Å²) in [5.41, 5.74) is 0. The van der Waals surface area contributed by atoms with E-state index in [1.165, 1.54) is 0 Å². The van der Waals surface area contributed by atoms with Crippen molar-refractivity contribution in [2.45, 2.75) is 25.7 Å². The number of aromatic nitrogens is 4. The molecule has 1 aliphatic rings. The van der Waals surface area contributed by atoms with Gasteiger partial charge < -0.3 is 19.7 Å². The number of hydrogen-bond donors (Lipinski definition) is 1. The molecule has 1 fully saturated rings. The Hall–Kier alpha value is -2.64. The number of piperidine rings is 1. The predicted octanol–water partition coefficient (Wildman–Crippen LogP) is 1.70. The second kappa shape index (κ2) is 9.34.